The molecule has 0 spiro atoms. The lowest BCUT2D eigenvalue weighted by Crippen LogP contribution is -2.52. The van der Waals surface area contributed by atoms with Gasteiger partial charge >= 0.3 is 0 Å². The van der Waals surface area contributed by atoms with Crippen LogP contribution >= 0.6 is 0 Å². The highest BCUT2D eigenvalue weighted by atomic mass is 32.2. The second kappa shape index (κ2) is 16.6. The van der Waals surface area contributed by atoms with E-state index in [1.807, 2.05) is 0 Å². The average molecular weight is 562 g/mol. The standard InChI is InChI=1S/C28H59NO4SSi2/c1-12-15-23-35(24-16-13-2,25-17-14-3)32-22-20-29(34(11,30)31)19-18-21-33-36(26(4)5,27(6)7)28(8,9)10/h26-27H,12-17,20-25H2,1-11H3. The van der Waals surface area contributed by atoms with Crippen molar-refractivity contribution in [3.63, 3.8) is 0 Å². The molecule has 0 aromatic rings. The molecule has 0 fully saturated rings. The summed E-state index contributed by atoms with van der Waals surface area (Å²) in [6.07, 6.45) is 8.32. The van der Waals surface area contributed by atoms with E-state index >= 15 is 0 Å². The molecule has 0 atom stereocenters. The van der Waals surface area contributed by atoms with Crippen LogP contribution in [0.1, 0.15) is 108 Å². The summed E-state index contributed by atoms with van der Waals surface area (Å²) in [4.78, 5) is 0. The van der Waals surface area contributed by atoms with E-state index in [0.717, 1.165) is 0 Å². The molecule has 0 amide bonds. The summed E-state index contributed by atoms with van der Waals surface area (Å²) in [6, 6.07) is 6.42. The number of unbranched alkanes of at least 4 members (excludes halogenated alkanes) is 3. The predicted molar refractivity (Wildman–Crippen MR) is 162 cm³/mol. The Hall–Kier alpha value is -0.336. The van der Waals surface area contributed by atoms with Crippen molar-refractivity contribution in [3.8, 4) is 12.0 Å². The Bertz CT molecular complexity index is 737. The number of rotatable bonds is 18. The lowest BCUT2D eigenvalue weighted by molar-refractivity contribution is 0.276. The van der Waals surface area contributed by atoms with E-state index in [2.05, 4.69) is 81.2 Å². The fraction of sp³-hybridized carbons (Fsp3) is 0.929. The Morgan fingerprint density at radius 3 is 1.61 bits per heavy atom. The van der Waals surface area contributed by atoms with Gasteiger partial charge in [-0.15, -0.1) is 0 Å². The van der Waals surface area contributed by atoms with Crippen molar-refractivity contribution in [3.05, 3.63) is 0 Å². The molecule has 0 unspecified atom stereocenters. The third-order valence-corrected chi connectivity index (χ3v) is 19.6. The van der Waals surface area contributed by atoms with Gasteiger partial charge in [0.15, 0.2) is 8.32 Å². The van der Waals surface area contributed by atoms with Crippen LogP contribution in [-0.4, -0.2) is 55.4 Å². The molecule has 0 aliphatic carbocycles. The van der Waals surface area contributed by atoms with Crippen molar-refractivity contribution in [1.29, 1.82) is 0 Å². The van der Waals surface area contributed by atoms with Crippen molar-refractivity contribution < 1.29 is 17.3 Å². The van der Waals surface area contributed by atoms with Crippen LogP contribution in [0, 0.1) is 12.0 Å². The largest absolute Gasteiger partial charge is 0.415 e. The Morgan fingerprint density at radius 1 is 0.833 bits per heavy atom. The first kappa shape index (κ1) is 35.7. The van der Waals surface area contributed by atoms with Gasteiger partial charge in [-0.25, -0.2) is 12.7 Å². The Labute approximate surface area is 227 Å². The molecule has 0 radical (unpaired) electrons. The smallest absolute Gasteiger partial charge is 0.238 e. The van der Waals surface area contributed by atoms with Crippen LogP contribution in [0.2, 0.25) is 34.3 Å². The molecule has 0 aromatic heterocycles. The van der Waals surface area contributed by atoms with Gasteiger partial charge in [0.05, 0.1) is 26.0 Å². The maximum Gasteiger partial charge on any atom is 0.238 e. The first-order valence-corrected chi connectivity index (χ1v) is 20.8. The van der Waals surface area contributed by atoms with Crippen molar-refractivity contribution in [2.75, 3.05) is 26.0 Å². The Morgan fingerprint density at radius 2 is 1.28 bits per heavy atom. The molecule has 0 heterocycles. The molecule has 214 valence electrons. The van der Waals surface area contributed by atoms with Gasteiger partial charge in [0, 0.05) is 6.04 Å². The van der Waals surface area contributed by atoms with E-state index in [1.165, 1.54) is 67.2 Å². The first-order valence-electron chi connectivity index (χ1n) is 14.4. The van der Waals surface area contributed by atoms with E-state index in [1.54, 1.807) is 0 Å². The van der Waals surface area contributed by atoms with Crippen molar-refractivity contribution >= 4 is 26.7 Å². The SMILES string of the molecule is CCCC[Si](CCCC)(CCCC)OCCN(C#CCO[Si](C(C)C)(C(C)C)C(C)(C)C)S(C)(=O)=O. The van der Waals surface area contributed by atoms with E-state index < -0.39 is 26.7 Å². The van der Waals surface area contributed by atoms with Gasteiger partial charge < -0.3 is 8.85 Å². The number of sulfonamides is 1. The third-order valence-electron chi connectivity index (χ3n) is 7.54. The maximum atomic E-state index is 12.5. The van der Waals surface area contributed by atoms with Crippen LogP contribution in [0.5, 0.6) is 0 Å². The highest BCUT2D eigenvalue weighted by Gasteiger charge is 2.51. The highest BCUT2D eigenvalue weighted by Crippen LogP contribution is 2.50. The number of hydrogen-bond acceptors (Lipinski definition) is 4. The van der Waals surface area contributed by atoms with Crippen LogP contribution in [0.3, 0.4) is 0 Å². The molecule has 0 saturated carbocycles. The van der Waals surface area contributed by atoms with Gasteiger partial charge in [0.25, 0.3) is 0 Å². The molecule has 0 aromatic carbocycles. The third kappa shape index (κ3) is 11.2. The molecule has 0 rings (SSSR count). The molecular weight excluding hydrogens is 503 g/mol. The first-order chi connectivity index (χ1) is 16.6. The maximum absolute atomic E-state index is 12.5. The Kier molecular flexibility index (Phi) is 16.4. The molecule has 0 bridgehead atoms. The predicted octanol–water partition coefficient (Wildman–Crippen LogP) is 8.15. The normalized spacial score (nSPS) is 13.2. The van der Waals surface area contributed by atoms with Crippen molar-refractivity contribution in [2.24, 2.45) is 0 Å². The van der Waals surface area contributed by atoms with E-state index in [0.29, 0.717) is 17.7 Å². The van der Waals surface area contributed by atoms with Gasteiger partial charge in [-0.1, -0.05) is 114 Å². The molecule has 0 aliphatic rings. The summed E-state index contributed by atoms with van der Waals surface area (Å²) in [5.74, 6) is 3.04. The van der Waals surface area contributed by atoms with Crippen molar-refractivity contribution in [1.82, 2.24) is 4.31 Å². The van der Waals surface area contributed by atoms with Crippen LogP contribution in [0.25, 0.3) is 0 Å². The monoisotopic (exact) mass is 561 g/mol. The minimum Gasteiger partial charge on any atom is -0.415 e. The van der Waals surface area contributed by atoms with Crippen LogP contribution in [-0.2, 0) is 18.9 Å². The summed E-state index contributed by atoms with van der Waals surface area (Å²) in [5.41, 5.74) is 0.873. The highest BCUT2D eigenvalue weighted by molar-refractivity contribution is 7.88. The summed E-state index contributed by atoms with van der Waals surface area (Å²) >= 11 is 0. The van der Waals surface area contributed by atoms with Crippen LogP contribution in [0.4, 0.5) is 0 Å². The summed E-state index contributed by atoms with van der Waals surface area (Å²) in [5, 5.41) is 0.0603. The van der Waals surface area contributed by atoms with Crippen molar-refractivity contribution in [2.45, 2.75) is 142 Å². The zero-order chi connectivity index (χ0) is 28.0. The molecule has 36 heavy (non-hydrogen) atoms. The molecule has 8 heteroatoms. The summed E-state index contributed by atoms with van der Waals surface area (Å²) in [6.45, 7) is 23.4. The van der Waals surface area contributed by atoms with Gasteiger partial charge in [0.1, 0.15) is 0 Å². The molecule has 5 nitrogen and oxygen atoms in total. The lowest BCUT2D eigenvalue weighted by atomic mass is 10.2. The Balaban J connectivity index is 5.55. The van der Waals surface area contributed by atoms with E-state index in [4.69, 9.17) is 8.85 Å². The van der Waals surface area contributed by atoms with Gasteiger partial charge in [-0.05, 0) is 34.3 Å². The zero-order valence-electron chi connectivity index (χ0n) is 25.6. The van der Waals surface area contributed by atoms with Gasteiger partial charge in [-0.3, -0.25) is 0 Å². The summed E-state index contributed by atoms with van der Waals surface area (Å²) in [7, 11) is -7.49. The lowest BCUT2D eigenvalue weighted by Gasteiger charge is -2.48. The van der Waals surface area contributed by atoms with E-state index in [9.17, 15) is 8.42 Å². The summed E-state index contributed by atoms with van der Waals surface area (Å²) < 4.78 is 39.6. The fourth-order valence-electron chi connectivity index (χ4n) is 5.96. The van der Waals surface area contributed by atoms with Crippen LogP contribution in [0.15, 0.2) is 0 Å². The van der Waals surface area contributed by atoms with Gasteiger partial charge in [-0.2, -0.15) is 0 Å². The molecular formula is C28H59NO4SSi2. The van der Waals surface area contributed by atoms with E-state index in [-0.39, 0.29) is 18.2 Å². The number of hydrogen-bond donors (Lipinski definition) is 0. The van der Waals surface area contributed by atoms with Crippen LogP contribution < -0.4 is 0 Å². The molecule has 0 saturated heterocycles. The second-order valence-corrected chi connectivity index (χ2v) is 23.9. The second-order valence-electron chi connectivity index (χ2n) is 12.1. The van der Waals surface area contributed by atoms with Gasteiger partial charge in [0.2, 0.25) is 18.3 Å². The minimum absolute atomic E-state index is 0.0603. The fourth-order valence-corrected chi connectivity index (χ4v) is 17.5. The number of nitrogens with zero attached hydrogens (tertiary/aromatic N) is 1. The topological polar surface area (TPSA) is 55.8 Å². The molecule has 0 N–H and O–H groups in total. The zero-order valence-corrected chi connectivity index (χ0v) is 28.4. The average Bonchev–Trinajstić information content (AvgIpc) is 2.76. The quantitative estimate of drug-likeness (QED) is 0.0962. The minimum atomic E-state index is -3.46. The molecule has 0 aliphatic heterocycles.